The molecule has 2 aromatic rings. The van der Waals surface area contributed by atoms with Crippen LogP contribution in [0.25, 0.3) is 0 Å². The standard InChI is InChI=1S/C31H46N6O5/c1-4-5-12-25(27(38)28(39)33-23(2)24-10-7-6-8-11-24)37(30(40)41)21-31(14-9-15-31)22-42-26-13-16-32-29(34-26)36-19-17-35(3)18-20-36/h6-8,10-11,13,16,23,25,27,38H,4-5,9,12,14-15,17-22H2,1-3H3,(H,33,39)(H,40,41)/t23-,25+,27?/m1/s1. The Morgan fingerprint density at radius 1 is 1.14 bits per heavy atom. The fourth-order valence-corrected chi connectivity index (χ4v) is 5.71. The Kier molecular flexibility index (Phi) is 11.0. The molecule has 3 N–H and O–H groups in total. The first-order valence-corrected chi connectivity index (χ1v) is 15.1. The summed E-state index contributed by atoms with van der Waals surface area (Å²) in [6, 6.07) is 10.0. The molecular formula is C31H46N6O5. The van der Waals surface area contributed by atoms with Gasteiger partial charge in [0.1, 0.15) is 0 Å². The summed E-state index contributed by atoms with van der Waals surface area (Å²) in [5.41, 5.74) is 0.485. The average Bonchev–Trinajstić information content (AvgIpc) is 2.98. The summed E-state index contributed by atoms with van der Waals surface area (Å²) < 4.78 is 6.17. The van der Waals surface area contributed by atoms with Gasteiger partial charge in [-0.25, -0.2) is 9.78 Å². The number of aromatic nitrogens is 2. The van der Waals surface area contributed by atoms with E-state index in [1.165, 1.54) is 4.90 Å². The van der Waals surface area contributed by atoms with Crippen LogP contribution >= 0.6 is 0 Å². The number of nitrogens with one attached hydrogen (secondary N) is 1. The van der Waals surface area contributed by atoms with Crippen LogP contribution in [0.2, 0.25) is 0 Å². The van der Waals surface area contributed by atoms with Gasteiger partial charge < -0.3 is 35.0 Å². The highest BCUT2D eigenvalue weighted by molar-refractivity contribution is 5.82. The number of nitrogens with zero attached hydrogens (tertiary/aromatic N) is 5. The van der Waals surface area contributed by atoms with Gasteiger partial charge in [0.25, 0.3) is 5.91 Å². The van der Waals surface area contributed by atoms with Gasteiger partial charge in [0.05, 0.1) is 18.7 Å². The van der Waals surface area contributed by atoms with Crippen LogP contribution in [0, 0.1) is 5.41 Å². The summed E-state index contributed by atoms with van der Waals surface area (Å²) in [6.07, 6.45) is 3.48. The molecule has 0 bridgehead atoms. The Morgan fingerprint density at radius 3 is 2.48 bits per heavy atom. The maximum absolute atomic E-state index is 13.2. The van der Waals surface area contributed by atoms with E-state index in [0.29, 0.717) is 31.3 Å². The highest BCUT2D eigenvalue weighted by atomic mass is 16.5. The topological polar surface area (TPSA) is 131 Å². The van der Waals surface area contributed by atoms with Crippen molar-refractivity contribution in [3.05, 3.63) is 48.2 Å². The van der Waals surface area contributed by atoms with Gasteiger partial charge in [-0.05, 0) is 38.8 Å². The number of hydrogen-bond acceptors (Lipinski definition) is 8. The van der Waals surface area contributed by atoms with Crippen molar-refractivity contribution in [2.75, 3.05) is 51.3 Å². The molecule has 11 heteroatoms. The first-order chi connectivity index (χ1) is 20.2. The summed E-state index contributed by atoms with van der Waals surface area (Å²) in [5.74, 6) is 0.521. The minimum atomic E-state index is -1.50. The second-order valence-electron chi connectivity index (χ2n) is 11.8. The molecule has 0 radical (unpaired) electrons. The van der Waals surface area contributed by atoms with Crippen LogP contribution in [0.1, 0.15) is 64.0 Å². The third kappa shape index (κ3) is 8.10. The lowest BCUT2D eigenvalue weighted by atomic mass is 9.68. The molecular weight excluding hydrogens is 536 g/mol. The number of unbranched alkanes of at least 4 members (excludes halogenated alkanes) is 1. The molecule has 2 aliphatic rings. The van der Waals surface area contributed by atoms with Crippen molar-refractivity contribution in [3.8, 4) is 5.88 Å². The van der Waals surface area contributed by atoms with Crippen molar-refractivity contribution in [2.45, 2.75) is 70.6 Å². The van der Waals surface area contributed by atoms with Crippen LogP contribution in [0.3, 0.4) is 0 Å². The first kappa shape index (κ1) is 31.5. The van der Waals surface area contributed by atoms with Crippen molar-refractivity contribution in [1.82, 2.24) is 25.1 Å². The number of amides is 2. The lowest BCUT2D eigenvalue weighted by Gasteiger charge is -2.46. The number of carbonyl (C=O) groups is 2. The van der Waals surface area contributed by atoms with E-state index < -0.39 is 29.6 Å². The summed E-state index contributed by atoms with van der Waals surface area (Å²) in [5, 5.41) is 24.4. The molecule has 11 nitrogen and oxygen atoms in total. The van der Waals surface area contributed by atoms with E-state index in [1.807, 2.05) is 44.2 Å². The molecule has 3 atom stereocenters. The van der Waals surface area contributed by atoms with Gasteiger partial charge in [0.2, 0.25) is 11.8 Å². The predicted octanol–water partition coefficient (Wildman–Crippen LogP) is 3.55. The maximum atomic E-state index is 13.2. The van der Waals surface area contributed by atoms with Crippen LogP contribution in [0.15, 0.2) is 42.6 Å². The molecule has 0 spiro atoms. The van der Waals surface area contributed by atoms with E-state index in [2.05, 4.69) is 32.1 Å². The molecule has 1 unspecified atom stereocenters. The summed E-state index contributed by atoms with van der Waals surface area (Å²) >= 11 is 0. The van der Waals surface area contributed by atoms with Gasteiger partial charge in [-0.1, -0.05) is 56.5 Å². The van der Waals surface area contributed by atoms with Gasteiger partial charge in [0, 0.05) is 50.4 Å². The molecule has 1 aliphatic heterocycles. The van der Waals surface area contributed by atoms with Crippen LogP contribution in [0.5, 0.6) is 5.88 Å². The van der Waals surface area contributed by atoms with Crippen molar-refractivity contribution in [1.29, 1.82) is 0 Å². The quantitative estimate of drug-likeness (QED) is 0.306. The van der Waals surface area contributed by atoms with E-state index >= 15 is 0 Å². The summed E-state index contributed by atoms with van der Waals surface area (Å²) in [4.78, 5) is 40.5. The van der Waals surface area contributed by atoms with Gasteiger partial charge in [-0.2, -0.15) is 4.98 Å². The number of piperazine rings is 1. The molecule has 230 valence electrons. The smallest absolute Gasteiger partial charge is 0.407 e. The Morgan fingerprint density at radius 2 is 1.86 bits per heavy atom. The molecule has 2 fully saturated rings. The molecule has 1 aliphatic carbocycles. The number of hydrogen-bond donors (Lipinski definition) is 3. The number of aliphatic hydroxyl groups excluding tert-OH is 1. The number of anilines is 1. The normalized spacial score (nSPS) is 18.8. The van der Waals surface area contributed by atoms with Crippen LogP contribution in [0.4, 0.5) is 10.7 Å². The Labute approximate surface area is 248 Å². The number of ether oxygens (including phenoxy) is 1. The minimum Gasteiger partial charge on any atom is -0.477 e. The Bertz CT molecular complexity index is 1160. The highest BCUT2D eigenvalue weighted by Gasteiger charge is 2.44. The monoisotopic (exact) mass is 582 g/mol. The Hall–Kier alpha value is -3.44. The number of likely N-dealkylation sites (N-methyl/N-ethyl adjacent to an activating group) is 1. The first-order valence-electron chi connectivity index (χ1n) is 15.1. The predicted molar refractivity (Wildman–Crippen MR) is 161 cm³/mol. The molecule has 42 heavy (non-hydrogen) atoms. The van der Waals surface area contributed by atoms with E-state index in [9.17, 15) is 19.8 Å². The molecule has 1 saturated heterocycles. The van der Waals surface area contributed by atoms with E-state index in [1.54, 1.807) is 12.3 Å². The number of carboxylic acid groups (broad SMARTS) is 1. The zero-order valence-corrected chi connectivity index (χ0v) is 25.1. The molecule has 1 aromatic heterocycles. The fraction of sp³-hybridized carbons (Fsp3) is 0.613. The van der Waals surface area contributed by atoms with E-state index in [0.717, 1.165) is 57.4 Å². The number of carbonyl (C=O) groups excluding carboxylic acids is 1. The van der Waals surface area contributed by atoms with Gasteiger partial charge in [-0.3, -0.25) is 4.79 Å². The van der Waals surface area contributed by atoms with E-state index in [4.69, 9.17) is 4.74 Å². The van der Waals surface area contributed by atoms with Gasteiger partial charge in [0.15, 0.2) is 6.10 Å². The second-order valence-corrected chi connectivity index (χ2v) is 11.8. The zero-order valence-electron chi connectivity index (χ0n) is 25.1. The van der Waals surface area contributed by atoms with Crippen LogP contribution in [-0.4, -0.2) is 101 Å². The summed E-state index contributed by atoms with van der Waals surface area (Å²) in [7, 11) is 2.10. The van der Waals surface area contributed by atoms with Gasteiger partial charge >= 0.3 is 6.09 Å². The maximum Gasteiger partial charge on any atom is 0.407 e. The van der Waals surface area contributed by atoms with Gasteiger partial charge in [-0.15, -0.1) is 0 Å². The Balaban J connectivity index is 1.44. The zero-order chi connectivity index (χ0) is 30.1. The number of benzene rings is 1. The largest absolute Gasteiger partial charge is 0.477 e. The van der Waals surface area contributed by atoms with E-state index in [-0.39, 0.29) is 12.6 Å². The second kappa shape index (κ2) is 14.6. The third-order valence-corrected chi connectivity index (χ3v) is 8.64. The average molecular weight is 583 g/mol. The van der Waals surface area contributed by atoms with Crippen molar-refractivity contribution in [2.24, 2.45) is 5.41 Å². The fourth-order valence-electron chi connectivity index (χ4n) is 5.71. The molecule has 2 amide bonds. The molecule has 1 aromatic carbocycles. The number of aliphatic hydroxyl groups is 1. The van der Waals surface area contributed by atoms with Crippen molar-refractivity contribution >= 4 is 17.9 Å². The molecule has 4 rings (SSSR count). The lowest BCUT2D eigenvalue weighted by molar-refractivity contribution is -0.134. The SMILES string of the molecule is CCCC[C@@H](C(O)C(=O)N[C@H](C)c1ccccc1)N(CC1(COc2ccnc(N3CCN(C)CC3)n2)CCC1)C(=O)O. The minimum absolute atomic E-state index is 0.172. The highest BCUT2D eigenvalue weighted by Crippen LogP contribution is 2.43. The summed E-state index contributed by atoms with van der Waals surface area (Å²) in [6.45, 7) is 7.89. The third-order valence-electron chi connectivity index (χ3n) is 8.64. The number of rotatable bonds is 14. The molecule has 2 heterocycles. The van der Waals surface area contributed by atoms with Crippen LogP contribution in [-0.2, 0) is 4.79 Å². The molecule has 1 saturated carbocycles. The van der Waals surface area contributed by atoms with Crippen molar-refractivity contribution in [3.63, 3.8) is 0 Å². The lowest BCUT2D eigenvalue weighted by Crippen LogP contribution is -2.57. The van der Waals surface area contributed by atoms with Crippen molar-refractivity contribution < 1.29 is 24.5 Å². The van der Waals surface area contributed by atoms with Crippen LogP contribution < -0.4 is 15.0 Å².